The molecule has 2 aromatic rings. The molecule has 0 radical (unpaired) electrons. The first-order valence-corrected chi connectivity index (χ1v) is 9.74. The van der Waals surface area contributed by atoms with Gasteiger partial charge in [-0.05, 0) is 31.2 Å². The molecule has 0 N–H and O–H groups in total. The number of carbonyl (C=O) groups excluding carboxylic acids is 2. The third kappa shape index (κ3) is 6.32. The minimum absolute atomic E-state index is 0.0158. The van der Waals surface area contributed by atoms with Gasteiger partial charge in [0.1, 0.15) is 12.4 Å². The summed E-state index contributed by atoms with van der Waals surface area (Å²) in [5.41, 5.74) is 1.78. The molecule has 0 unspecified atom stereocenters. The number of hydrogen-bond donors (Lipinski definition) is 0. The van der Waals surface area contributed by atoms with E-state index in [2.05, 4.69) is 0 Å². The molecule has 0 atom stereocenters. The number of hydrogen-bond acceptors (Lipinski definition) is 4. The van der Waals surface area contributed by atoms with Crippen LogP contribution in [0.1, 0.15) is 15.9 Å². The highest BCUT2D eigenvalue weighted by Crippen LogP contribution is 2.24. The van der Waals surface area contributed by atoms with Crippen LogP contribution in [0.5, 0.6) is 5.75 Å². The molecule has 0 aromatic heterocycles. The zero-order chi connectivity index (χ0) is 19.8. The molecule has 0 saturated carbocycles. The summed E-state index contributed by atoms with van der Waals surface area (Å²) < 4.78 is 5.70. The van der Waals surface area contributed by atoms with Gasteiger partial charge in [-0.3, -0.25) is 9.59 Å². The van der Waals surface area contributed by atoms with Crippen LogP contribution in [0.2, 0.25) is 0 Å². The third-order valence-corrected chi connectivity index (χ3v) is 5.09. The maximum Gasteiger partial charge on any atom is 0.254 e. The molecule has 6 heteroatoms. The first-order chi connectivity index (χ1) is 12.9. The number of ether oxygens (including phenoxy) is 1. The Bertz CT molecular complexity index is 775. The van der Waals surface area contributed by atoms with Gasteiger partial charge >= 0.3 is 0 Å². The molecular weight excluding hydrogens is 360 g/mol. The van der Waals surface area contributed by atoms with E-state index in [0.29, 0.717) is 24.5 Å². The lowest BCUT2D eigenvalue weighted by Crippen LogP contribution is -2.31. The van der Waals surface area contributed by atoms with Crippen molar-refractivity contribution >= 4 is 23.6 Å². The van der Waals surface area contributed by atoms with Gasteiger partial charge in [0, 0.05) is 26.0 Å². The molecule has 0 aliphatic carbocycles. The summed E-state index contributed by atoms with van der Waals surface area (Å²) in [6.07, 6.45) is 0. The van der Waals surface area contributed by atoms with Crippen LogP contribution in [-0.4, -0.2) is 61.7 Å². The highest BCUT2D eigenvalue weighted by molar-refractivity contribution is 8.00. The highest BCUT2D eigenvalue weighted by Gasteiger charge is 2.17. The molecule has 0 aliphatic rings. The molecule has 5 nitrogen and oxygen atoms in total. The van der Waals surface area contributed by atoms with Crippen LogP contribution in [0, 0.1) is 6.92 Å². The van der Waals surface area contributed by atoms with Gasteiger partial charge in [-0.15, -0.1) is 11.8 Å². The van der Waals surface area contributed by atoms with E-state index in [9.17, 15) is 9.59 Å². The fraction of sp³-hybridized carbons (Fsp3) is 0.333. The second-order valence-electron chi connectivity index (χ2n) is 6.46. The van der Waals surface area contributed by atoms with Gasteiger partial charge < -0.3 is 14.5 Å². The maximum atomic E-state index is 12.8. The van der Waals surface area contributed by atoms with Gasteiger partial charge in [0.25, 0.3) is 5.91 Å². The van der Waals surface area contributed by atoms with E-state index < -0.39 is 0 Å². The van der Waals surface area contributed by atoms with Crippen molar-refractivity contribution in [2.75, 3.05) is 40.0 Å². The smallest absolute Gasteiger partial charge is 0.254 e. The Morgan fingerprint density at radius 2 is 1.67 bits per heavy atom. The van der Waals surface area contributed by atoms with Crippen LogP contribution in [-0.2, 0) is 4.79 Å². The fourth-order valence-corrected chi connectivity index (χ4v) is 3.30. The zero-order valence-corrected chi connectivity index (χ0v) is 17.1. The molecule has 2 aromatic carbocycles. The van der Waals surface area contributed by atoms with Crippen LogP contribution >= 0.6 is 11.8 Å². The molecular formula is C21H26N2O3S. The van der Waals surface area contributed by atoms with E-state index >= 15 is 0 Å². The summed E-state index contributed by atoms with van der Waals surface area (Å²) in [7, 11) is 5.21. The minimum Gasteiger partial charge on any atom is -0.492 e. The molecule has 144 valence electrons. The molecule has 0 aliphatic heterocycles. The minimum atomic E-state index is -0.0806. The summed E-state index contributed by atoms with van der Waals surface area (Å²) in [5, 5.41) is 0. The summed E-state index contributed by atoms with van der Waals surface area (Å²) >= 11 is 1.38. The second kappa shape index (κ2) is 10.0. The maximum absolute atomic E-state index is 12.8. The Hall–Kier alpha value is -2.47. The summed E-state index contributed by atoms with van der Waals surface area (Å²) in [4.78, 5) is 28.6. The molecule has 0 bridgehead atoms. The van der Waals surface area contributed by atoms with Crippen LogP contribution in [0.15, 0.2) is 53.4 Å². The lowest BCUT2D eigenvalue weighted by Gasteiger charge is -2.19. The van der Waals surface area contributed by atoms with E-state index in [4.69, 9.17) is 4.74 Å². The SMILES string of the molecule is Cc1ccc(OCCN(C)C(=O)c2ccccc2SCC(=O)N(C)C)cc1. The van der Waals surface area contributed by atoms with E-state index in [0.717, 1.165) is 10.6 Å². The Morgan fingerprint density at radius 1 is 1.00 bits per heavy atom. The van der Waals surface area contributed by atoms with Gasteiger partial charge in [-0.25, -0.2) is 0 Å². The van der Waals surface area contributed by atoms with E-state index in [1.807, 2.05) is 49.4 Å². The van der Waals surface area contributed by atoms with Crippen molar-refractivity contribution in [3.63, 3.8) is 0 Å². The Morgan fingerprint density at radius 3 is 2.33 bits per heavy atom. The average Bonchev–Trinajstić information content (AvgIpc) is 2.67. The van der Waals surface area contributed by atoms with Crippen molar-refractivity contribution in [3.8, 4) is 5.75 Å². The number of thioether (sulfide) groups is 1. The topological polar surface area (TPSA) is 49.9 Å². The van der Waals surface area contributed by atoms with Crippen molar-refractivity contribution in [1.29, 1.82) is 0 Å². The lowest BCUT2D eigenvalue weighted by molar-refractivity contribution is -0.125. The molecule has 0 fully saturated rings. The normalized spacial score (nSPS) is 10.4. The van der Waals surface area contributed by atoms with Gasteiger partial charge in [0.2, 0.25) is 5.91 Å². The quantitative estimate of drug-likeness (QED) is 0.653. The Labute approximate surface area is 165 Å². The molecule has 27 heavy (non-hydrogen) atoms. The standard InChI is InChI=1S/C21H26N2O3S/c1-16-9-11-17(12-10-16)26-14-13-23(4)21(25)18-7-5-6-8-19(18)27-15-20(24)22(2)3/h5-12H,13-15H2,1-4H3. The molecule has 2 rings (SSSR count). The van der Waals surface area contributed by atoms with Crippen molar-refractivity contribution in [1.82, 2.24) is 9.80 Å². The number of carbonyl (C=O) groups is 2. The van der Waals surface area contributed by atoms with E-state index in [-0.39, 0.29) is 11.8 Å². The van der Waals surface area contributed by atoms with Gasteiger partial charge in [0.15, 0.2) is 0 Å². The van der Waals surface area contributed by atoms with Crippen LogP contribution in [0.25, 0.3) is 0 Å². The summed E-state index contributed by atoms with van der Waals surface area (Å²) in [6, 6.07) is 15.2. The van der Waals surface area contributed by atoms with E-state index in [1.165, 1.54) is 17.3 Å². The molecule has 2 amide bonds. The molecule has 0 heterocycles. The molecule has 0 saturated heterocycles. The number of likely N-dealkylation sites (N-methyl/N-ethyl adjacent to an activating group) is 1. The van der Waals surface area contributed by atoms with E-state index in [1.54, 1.807) is 37.0 Å². The monoisotopic (exact) mass is 386 g/mol. The summed E-state index contributed by atoms with van der Waals surface area (Å²) in [5.74, 6) is 1.03. The largest absolute Gasteiger partial charge is 0.492 e. The highest BCUT2D eigenvalue weighted by atomic mass is 32.2. The van der Waals surface area contributed by atoms with Crippen LogP contribution in [0.4, 0.5) is 0 Å². The van der Waals surface area contributed by atoms with Crippen LogP contribution < -0.4 is 4.74 Å². The first kappa shape index (κ1) is 20.8. The Balaban J connectivity index is 1.93. The third-order valence-electron chi connectivity index (χ3n) is 4.03. The molecule has 0 spiro atoms. The Kier molecular flexibility index (Phi) is 7.73. The number of amides is 2. The predicted molar refractivity (Wildman–Crippen MR) is 109 cm³/mol. The van der Waals surface area contributed by atoms with Crippen molar-refractivity contribution in [3.05, 3.63) is 59.7 Å². The zero-order valence-electron chi connectivity index (χ0n) is 16.3. The van der Waals surface area contributed by atoms with Crippen molar-refractivity contribution in [2.45, 2.75) is 11.8 Å². The predicted octanol–water partition coefficient (Wildman–Crippen LogP) is 3.33. The van der Waals surface area contributed by atoms with Crippen LogP contribution in [0.3, 0.4) is 0 Å². The number of rotatable bonds is 8. The average molecular weight is 387 g/mol. The van der Waals surface area contributed by atoms with Gasteiger partial charge in [0.05, 0.1) is 17.9 Å². The second-order valence-corrected chi connectivity index (χ2v) is 7.48. The first-order valence-electron chi connectivity index (χ1n) is 8.75. The fourth-order valence-electron chi connectivity index (χ4n) is 2.28. The number of aryl methyl sites for hydroxylation is 1. The lowest BCUT2D eigenvalue weighted by atomic mass is 10.2. The van der Waals surface area contributed by atoms with Gasteiger partial charge in [-0.2, -0.15) is 0 Å². The number of nitrogens with zero attached hydrogens (tertiary/aromatic N) is 2. The van der Waals surface area contributed by atoms with Gasteiger partial charge in [-0.1, -0.05) is 29.8 Å². The summed E-state index contributed by atoms with van der Waals surface area (Å²) in [6.45, 7) is 2.92. The van der Waals surface area contributed by atoms with Crippen molar-refractivity contribution in [2.24, 2.45) is 0 Å². The number of benzene rings is 2. The van der Waals surface area contributed by atoms with Crippen molar-refractivity contribution < 1.29 is 14.3 Å².